The van der Waals surface area contributed by atoms with Gasteiger partial charge >= 0.3 is 12.2 Å². The fourth-order valence-electron chi connectivity index (χ4n) is 1.55. The van der Waals surface area contributed by atoms with Crippen LogP contribution in [-0.2, 0) is 9.47 Å². The quantitative estimate of drug-likeness (QED) is 0.465. The van der Waals surface area contributed by atoms with E-state index in [4.69, 9.17) is 9.47 Å². The molecule has 0 spiro atoms. The maximum Gasteiger partial charge on any atom is 0.424 e. The molecular formula is C16H21BrINO4. The Balaban J connectivity index is 3.25. The Morgan fingerprint density at radius 2 is 1.43 bits per heavy atom. The molecule has 7 heteroatoms. The van der Waals surface area contributed by atoms with E-state index in [9.17, 15) is 9.59 Å². The molecule has 1 rings (SSSR count). The third-order valence-electron chi connectivity index (χ3n) is 2.30. The van der Waals surface area contributed by atoms with E-state index in [1.807, 2.05) is 0 Å². The Morgan fingerprint density at radius 1 is 1.00 bits per heavy atom. The summed E-state index contributed by atoms with van der Waals surface area (Å²) in [4.78, 5) is 25.9. The largest absolute Gasteiger partial charge is 0.443 e. The zero-order valence-electron chi connectivity index (χ0n) is 14.1. The molecule has 1 aromatic rings. The third-order valence-corrected chi connectivity index (χ3v) is 3.66. The van der Waals surface area contributed by atoms with Crippen LogP contribution in [-0.4, -0.2) is 23.4 Å². The molecule has 0 saturated heterocycles. The van der Waals surface area contributed by atoms with Crippen molar-refractivity contribution in [3.8, 4) is 0 Å². The number of rotatable bonds is 1. The Kier molecular flexibility index (Phi) is 6.48. The highest BCUT2D eigenvalue weighted by molar-refractivity contribution is 14.1. The first kappa shape index (κ1) is 20.2. The second-order valence-corrected chi connectivity index (χ2v) is 8.97. The molecule has 0 aliphatic rings. The molecule has 1 aromatic carbocycles. The van der Waals surface area contributed by atoms with Crippen molar-refractivity contribution in [1.82, 2.24) is 0 Å². The first-order valence-corrected chi connectivity index (χ1v) is 8.88. The van der Waals surface area contributed by atoms with Crippen molar-refractivity contribution in [3.05, 3.63) is 26.2 Å². The smallest absolute Gasteiger partial charge is 0.424 e. The third kappa shape index (κ3) is 6.66. The topological polar surface area (TPSA) is 55.8 Å². The van der Waals surface area contributed by atoms with Gasteiger partial charge < -0.3 is 9.47 Å². The van der Waals surface area contributed by atoms with Gasteiger partial charge in [-0.3, -0.25) is 0 Å². The zero-order chi connectivity index (χ0) is 18.0. The molecular weight excluding hydrogens is 477 g/mol. The lowest BCUT2D eigenvalue weighted by Crippen LogP contribution is -2.44. The van der Waals surface area contributed by atoms with Gasteiger partial charge in [0.05, 0.1) is 5.69 Å². The number of nitrogens with zero attached hydrogens (tertiary/aromatic N) is 1. The first-order chi connectivity index (χ1) is 10.3. The van der Waals surface area contributed by atoms with Gasteiger partial charge in [-0.2, -0.15) is 4.90 Å². The average molecular weight is 498 g/mol. The van der Waals surface area contributed by atoms with E-state index in [1.165, 1.54) is 0 Å². The molecule has 2 amide bonds. The minimum absolute atomic E-state index is 0.414. The van der Waals surface area contributed by atoms with Crippen molar-refractivity contribution < 1.29 is 19.1 Å². The Hall–Kier alpha value is -0.830. The van der Waals surface area contributed by atoms with Crippen molar-refractivity contribution in [2.75, 3.05) is 4.90 Å². The number of carbonyl (C=O) groups is 2. The summed E-state index contributed by atoms with van der Waals surface area (Å²) in [7, 11) is 0. The summed E-state index contributed by atoms with van der Waals surface area (Å²) in [6.07, 6.45) is -1.54. The standard InChI is InChI=1S/C16H21BrINO4/c1-15(2,3)22-13(20)19(14(21)23-16(4,5)6)12-8-7-10(17)9-11(12)18/h7-9H,1-6H3. The lowest BCUT2D eigenvalue weighted by Gasteiger charge is -2.29. The fraction of sp³-hybridized carbons (Fsp3) is 0.500. The summed E-state index contributed by atoms with van der Waals surface area (Å²) in [6, 6.07) is 5.22. The zero-order valence-corrected chi connectivity index (χ0v) is 17.8. The summed E-state index contributed by atoms with van der Waals surface area (Å²) in [6.45, 7) is 10.4. The maximum absolute atomic E-state index is 12.5. The predicted molar refractivity (Wildman–Crippen MR) is 102 cm³/mol. The second-order valence-electron chi connectivity index (χ2n) is 6.89. The van der Waals surface area contributed by atoms with Crippen LogP contribution in [0.1, 0.15) is 41.5 Å². The summed E-state index contributed by atoms with van der Waals surface area (Å²) < 4.78 is 12.3. The lowest BCUT2D eigenvalue weighted by molar-refractivity contribution is 0.0430. The van der Waals surface area contributed by atoms with Crippen LogP contribution < -0.4 is 4.90 Å². The Bertz CT molecular complexity index is 577. The predicted octanol–water partition coefficient (Wildman–Crippen LogP) is 5.73. The molecule has 0 aliphatic heterocycles. The molecule has 23 heavy (non-hydrogen) atoms. The monoisotopic (exact) mass is 497 g/mol. The summed E-state index contributed by atoms with van der Waals surface area (Å²) in [5.74, 6) is 0. The molecule has 0 N–H and O–H groups in total. The van der Waals surface area contributed by atoms with Crippen LogP contribution in [0.25, 0.3) is 0 Å². The summed E-state index contributed by atoms with van der Waals surface area (Å²) in [5, 5.41) is 0. The molecule has 0 heterocycles. The molecule has 0 saturated carbocycles. The van der Waals surface area contributed by atoms with E-state index in [-0.39, 0.29) is 0 Å². The Morgan fingerprint density at radius 3 is 1.78 bits per heavy atom. The molecule has 0 aliphatic carbocycles. The number of anilines is 1. The van der Waals surface area contributed by atoms with Gasteiger partial charge in [-0.1, -0.05) is 15.9 Å². The SMILES string of the molecule is CC(C)(C)OC(=O)N(C(=O)OC(C)(C)C)c1ccc(Br)cc1I. The number of hydrogen-bond acceptors (Lipinski definition) is 4. The molecule has 0 unspecified atom stereocenters. The van der Waals surface area contributed by atoms with Crippen LogP contribution in [0.3, 0.4) is 0 Å². The van der Waals surface area contributed by atoms with Crippen molar-refractivity contribution in [3.63, 3.8) is 0 Å². The number of carbonyl (C=O) groups excluding carboxylic acids is 2. The highest BCUT2D eigenvalue weighted by Gasteiger charge is 2.33. The minimum Gasteiger partial charge on any atom is -0.443 e. The van der Waals surface area contributed by atoms with Crippen LogP contribution in [0, 0.1) is 3.57 Å². The number of halogens is 2. The van der Waals surface area contributed by atoms with Crippen LogP contribution in [0.2, 0.25) is 0 Å². The fourth-order valence-corrected chi connectivity index (χ4v) is 3.09. The summed E-state index contributed by atoms with van der Waals surface area (Å²) >= 11 is 5.42. The van der Waals surface area contributed by atoms with Crippen LogP contribution >= 0.6 is 38.5 Å². The van der Waals surface area contributed by atoms with E-state index in [2.05, 4.69) is 38.5 Å². The minimum atomic E-state index is -0.771. The van der Waals surface area contributed by atoms with Crippen molar-refractivity contribution in [1.29, 1.82) is 0 Å². The van der Waals surface area contributed by atoms with Crippen LogP contribution in [0.5, 0.6) is 0 Å². The highest BCUT2D eigenvalue weighted by Crippen LogP contribution is 2.29. The van der Waals surface area contributed by atoms with E-state index in [0.29, 0.717) is 9.26 Å². The van der Waals surface area contributed by atoms with Gasteiger partial charge in [0.1, 0.15) is 11.2 Å². The van der Waals surface area contributed by atoms with E-state index >= 15 is 0 Å². The molecule has 128 valence electrons. The highest BCUT2D eigenvalue weighted by atomic mass is 127. The maximum atomic E-state index is 12.5. The average Bonchev–Trinajstić information content (AvgIpc) is 2.27. The molecule has 5 nitrogen and oxygen atoms in total. The van der Waals surface area contributed by atoms with Crippen molar-refractivity contribution >= 4 is 56.4 Å². The van der Waals surface area contributed by atoms with E-state index < -0.39 is 23.4 Å². The normalized spacial score (nSPS) is 11.8. The molecule has 0 fully saturated rings. The molecule has 0 radical (unpaired) electrons. The van der Waals surface area contributed by atoms with Gasteiger partial charge in [0.25, 0.3) is 0 Å². The lowest BCUT2D eigenvalue weighted by atomic mass is 10.2. The van der Waals surface area contributed by atoms with Gasteiger partial charge in [-0.05, 0) is 82.3 Å². The number of hydrogen-bond donors (Lipinski definition) is 0. The second kappa shape index (κ2) is 7.38. The van der Waals surface area contributed by atoms with Gasteiger partial charge in [-0.25, -0.2) is 9.59 Å². The van der Waals surface area contributed by atoms with Gasteiger partial charge in [-0.15, -0.1) is 0 Å². The van der Waals surface area contributed by atoms with E-state index in [0.717, 1.165) is 9.37 Å². The number of ether oxygens (including phenoxy) is 2. The van der Waals surface area contributed by atoms with Gasteiger partial charge in [0.2, 0.25) is 0 Å². The van der Waals surface area contributed by atoms with Gasteiger partial charge in [0, 0.05) is 8.04 Å². The first-order valence-electron chi connectivity index (χ1n) is 7.01. The van der Waals surface area contributed by atoms with Gasteiger partial charge in [0.15, 0.2) is 0 Å². The number of imide groups is 1. The van der Waals surface area contributed by atoms with Crippen LogP contribution in [0.4, 0.5) is 15.3 Å². The van der Waals surface area contributed by atoms with Crippen molar-refractivity contribution in [2.24, 2.45) is 0 Å². The molecule has 0 bridgehead atoms. The van der Waals surface area contributed by atoms with Crippen LogP contribution in [0.15, 0.2) is 22.7 Å². The number of amides is 2. The Labute approximate surface area is 159 Å². The van der Waals surface area contributed by atoms with E-state index in [1.54, 1.807) is 59.7 Å². The summed E-state index contributed by atoms with van der Waals surface area (Å²) in [5.41, 5.74) is -1.03. The number of benzene rings is 1. The molecule has 0 aromatic heterocycles. The van der Waals surface area contributed by atoms with Crippen molar-refractivity contribution in [2.45, 2.75) is 52.7 Å². The molecule has 0 atom stereocenters.